The Morgan fingerprint density at radius 2 is 1.65 bits per heavy atom. The summed E-state index contributed by atoms with van der Waals surface area (Å²) in [5, 5.41) is 9.57. The summed E-state index contributed by atoms with van der Waals surface area (Å²) in [6.45, 7) is -0.242. The van der Waals surface area contributed by atoms with E-state index >= 15 is 0 Å². The van der Waals surface area contributed by atoms with Gasteiger partial charge in [0.05, 0.1) is 19.0 Å². The first-order chi connectivity index (χ1) is 16.5. The molecule has 4 rings (SSSR count). The summed E-state index contributed by atoms with van der Waals surface area (Å²) in [5.74, 6) is -1.32. The number of amides is 2. The van der Waals surface area contributed by atoms with Gasteiger partial charge in [0.1, 0.15) is 17.9 Å². The van der Waals surface area contributed by atoms with Crippen LogP contribution < -0.4 is 10.6 Å². The molecule has 2 aromatic heterocycles. The summed E-state index contributed by atoms with van der Waals surface area (Å²) in [5.41, 5.74) is 1.66. The van der Waals surface area contributed by atoms with Gasteiger partial charge in [-0.1, -0.05) is 0 Å². The number of ether oxygens (including phenoxy) is 1. The summed E-state index contributed by atoms with van der Waals surface area (Å²) in [4.78, 5) is 36.4. The Balaban J connectivity index is 1.55. The van der Waals surface area contributed by atoms with Crippen molar-refractivity contribution in [2.24, 2.45) is 0 Å². The van der Waals surface area contributed by atoms with Crippen LogP contribution in [0.15, 0.2) is 79.3 Å². The van der Waals surface area contributed by atoms with Crippen molar-refractivity contribution < 1.29 is 23.5 Å². The number of halogens is 1. The quantitative estimate of drug-likeness (QED) is 0.412. The van der Waals surface area contributed by atoms with Crippen LogP contribution in [-0.4, -0.2) is 45.8 Å². The van der Waals surface area contributed by atoms with Crippen molar-refractivity contribution in [1.82, 2.24) is 19.7 Å². The third-order valence-electron chi connectivity index (χ3n) is 4.93. The highest BCUT2D eigenvalue weighted by Gasteiger charge is 2.20. The fraction of sp³-hybridized carbons (Fsp3) is 0.0833. The highest BCUT2D eigenvalue weighted by molar-refractivity contribution is 6.06. The lowest BCUT2D eigenvalue weighted by Crippen LogP contribution is -2.30. The Labute approximate surface area is 193 Å². The van der Waals surface area contributed by atoms with Crippen LogP contribution in [0.2, 0.25) is 0 Å². The van der Waals surface area contributed by atoms with E-state index < -0.39 is 17.8 Å². The van der Waals surface area contributed by atoms with Crippen molar-refractivity contribution in [1.29, 1.82) is 0 Å². The maximum absolute atomic E-state index is 13.4. The third-order valence-corrected chi connectivity index (χ3v) is 4.93. The van der Waals surface area contributed by atoms with Crippen molar-refractivity contribution >= 4 is 23.5 Å². The molecule has 0 saturated heterocycles. The lowest BCUT2D eigenvalue weighted by Gasteiger charge is -2.11. The monoisotopic (exact) mass is 461 g/mol. The van der Waals surface area contributed by atoms with Crippen molar-refractivity contribution in [3.8, 4) is 11.5 Å². The Morgan fingerprint density at radius 1 is 0.971 bits per heavy atom. The minimum atomic E-state index is -0.558. The van der Waals surface area contributed by atoms with Crippen LogP contribution in [0.4, 0.5) is 10.1 Å². The molecule has 2 amide bonds. The van der Waals surface area contributed by atoms with E-state index in [9.17, 15) is 18.8 Å². The molecule has 34 heavy (non-hydrogen) atoms. The van der Waals surface area contributed by atoms with E-state index in [-0.39, 0.29) is 12.4 Å². The largest absolute Gasteiger partial charge is 0.468 e. The first-order valence-electron chi connectivity index (χ1n) is 10.2. The molecule has 10 heteroatoms. The average molecular weight is 461 g/mol. The summed E-state index contributed by atoms with van der Waals surface area (Å²) in [7, 11) is 1.23. The molecule has 0 radical (unpaired) electrons. The fourth-order valence-electron chi connectivity index (χ4n) is 3.23. The number of aromatic nitrogens is 3. The molecular weight excluding hydrogens is 441 g/mol. The summed E-state index contributed by atoms with van der Waals surface area (Å²) < 4.78 is 21.1. The minimum Gasteiger partial charge on any atom is -0.468 e. The van der Waals surface area contributed by atoms with Crippen molar-refractivity contribution in [3.05, 3.63) is 96.2 Å². The van der Waals surface area contributed by atoms with Crippen molar-refractivity contribution in [3.63, 3.8) is 0 Å². The number of hydrogen-bond acceptors (Lipinski definition) is 5. The van der Waals surface area contributed by atoms with Gasteiger partial charge in [-0.15, -0.1) is 0 Å². The topological polar surface area (TPSA) is 107 Å². The fourth-order valence-corrected chi connectivity index (χ4v) is 3.23. The molecule has 4 aromatic rings. The van der Waals surface area contributed by atoms with Crippen LogP contribution in [0.1, 0.15) is 20.7 Å². The van der Waals surface area contributed by atoms with Gasteiger partial charge in [-0.3, -0.25) is 14.4 Å². The number of esters is 1. The van der Waals surface area contributed by atoms with E-state index in [0.717, 1.165) is 0 Å². The smallest absolute Gasteiger partial charge is 0.325 e. The molecular formula is C24H20FN5O4. The molecule has 0 aliphatic heterocycles. The van der Waals surface area contributed by atoms with Gasteiger partial charge >= 0.3 is 5.97 Å². The molecule has 0 unspecified atom stereocenters. The highest BCUT2D eigenvalue weighted by atomic mass is 19.1. The first-order valence-corrected chi connectivity index (χ1v) is 10.2. The Bertz CT molecular complexity index is 1310. The molecule has 0 saturated carbocycles. The zero-order valence-corrected chi connectivity index (χ0v) is 18.1. The molecule has 2 N–H and O–H groups in total. The minimum absolute atomic E-state index is 0.242. The second kappa shape index (κ2) is 9.82. The highest BCUT2D eigenvalue weighted by Crippen LogP contribution is 2.21. The summed E-state index contributed by atoms with van der Waals surface area (Å²) >= 11 is 0. The van der Waals surface area contributed by atoms with E-state index in [2.05, 4.69) is 20.5 Å². The predicted octanol–water partition coefficient (Wildman–Crippen LogP) is 2.96. The molecule has 2 aromatic carbocycles. The number of carbonyl (C=O) groups excluding carboxylic acids is 3. The Kier molecular flexibility index (Phi) is 6.49. The molecule has 0 fully saturated rings. The van der Waals surface area contributed by atoms with Gasteiger partial charge in [-0.2, -0.15) is 5.10 Å². The molecule has 0 atom stereocenters. The number of hydrogen-bond donors (Lipinski definition) is 2. The Hall–Kier alpha value is -4.73. The number of nitrogens with zero attached hydrogens (tertiary/aromatic N) is 3. The SMILES string of the molecule is COC(=O)CNC(=O)c1ccc(NC(=O)c2cnn(-c3ccc(F)cc3)c2-n2cccc2)cc1. The third kappa shape index (κ3) is 4.85. The van der Waals surface area contributed by atoms with Crippen LogP contribution in [0.25, 0.3) is 11.5 Å². The molecule has 2 heterocycles. The normalized spacial score (nSPS) is 10.5. The summed E-state index contributed by atoms with van der Waals surface area (Å²) in [6.07, 6.45) is 4.98. The van der Waals surface area contributed by atoms with Crippen LogP contribution >= 0.6 is 0 Å². The zero-order valence-electron chi connectivity index (χ0n) is 18.1. The number of carbonyl (C=O) groups is 3. The molecule has 0 spiro atoms. The standard InChI is InChI=1S/C24H20FN5O4/c1-34-21(31)15-26-22(32)16-4-8-18(9-5-16)28-23(33)20-14-27-30(19-10-6-17(25)7-11-19)24(20)29-12-2-3-13-29/h2-14H,15H2,1H3,(H,26,32)(H,28,33). The van der Waals surface area contributed by atoms with Gasteiger partial charge in [-0.25, -0.2) is 9.07 Å². The van der Waals surface area contributed by atoms with Crippen molar-refractivity contribution in [2.45, 2.75) is 0 Å². The predicted molar refractivity (Wildman–Crippen MR) is 122 cm³/mol. The van der Waals surface area contributed by atoms with Crippen LogP contribution in [0.5, 0.6) is 0 Å². The molecule has 0 aliphatic carbocycles. The molecule has 9 nitrogen and oxygen atoms in total. The Morgan fingerprint density at radius 3 is 2.29 bits per heavy atom. The number of rotatable bonds is 7. The molecule has 0 bridgehead atoms. The van der Waals surface area contributed by atoms with E-state index in [1.807, 2.05) is 12.1 Å². The van der Waals surface area contributed by atoms with Crippen LogP contribution in [0.3, 0.4) is 0 Å². The van der Waals surface area contributed by atoms with Gasteiger partial charge < -0.3 is 19.9 Å². The number of benzene rings is 2. The summed E-state index contributed by atoms with van der Waals surface area (Å²) in [6, 6.07) is 15.6. The van der Waals surface area contributed by atoms with Gasteiger partial charge in [0.2, 0.25) is 0 Å². The second-order valence-corrected chi connectivity index (χ2v) is 7.15. The average Bonchev–Trinajstić information content (AvgIpc) is 3.53. The van der Waals surface area contributed by atoms with Crippen molar-refractivity contribution in [2.75, 3.05) is 19.0 Å². The zero-order chi connectivity index (χ0) is 24.1. The molecule has 172 valence electrons. The first kappa shape index (κ1) is 22.5. The van der Waals surface area contributed by atoms with E-state index in [1.165, 1.54) is 37.6 Å². The van der Waals surface area contributed by atoms with Gasteiger partial charge in [0.25, 0.3) is 11.8 Å². The number of anilines is 1. The maximum atomic E-state index is 13.4. The van der Waals surface area contributed by atoms with E-state index in [4.69, 9.17) is 0 Å². The maximum Gasteiger partial charge on any atom is 0.325 e. The van der Waals surface area contributed by atoms with Gasteiger partial charge in [0, 0.05) is 23.6 Å². The van der Waals surface area contributed by atoms with Crippen LogP contribution in [-0.2, 0) is 9.53 Å². The lowest BCUT2D eigenvalue weighted by atomic mass is 10.2. The van der Waals surface area contributed by atoms with E-state index in [0.29, 0.717) is 28.3 Å². The lowest BCUT2D eigenvalue weighted by molar-refractivity contribution is -0.139. The van der Waals surface area contributed by atoms with Crippen LogP contribution in [0, 0.1) is 5.82 Å². The van der Waals surface area contributed by atoms with Gasteiger partial charge in [0.15, 0.2) is 5.82 Å². The number of nitrogens with one attached hydrogen (secondary N) is 2. The second-order valence-electron chi connectivity index (χ2n) is 7.15. The number of methoxy groups -OCH3 is 1. The van der Waals surface area contributed by atoms with E-state index in [1.54, 1.807) is 45.9 Å². The molecule has 0 aliphatic rings. The van der Waals surface area contributed by atoms with Gasteiger partial charge in [-0.05, 0) is 60.7 Å².